The molecule has 0 unspecified atom stereocenters. The Morgan fingerprint density at radius 1 is 1.58 bits per heavy atom. The third-order valence-corrected chi connectivity index (χ3v) is 3.65. The van der Waals surface area contributed by atoms with Crippen molar-refractivity contribution in [3.05, 3.63) is 18.0 Å². The Bertz CT molecular complexity index is 432. The normalized spacial score (nSPS) is 23.7. The number of nitrogens with one attached hydrogen (secondary N) is 1. The molecule has 0 spiro atoms. The molecule has 6 heteroatoms. The van der Waals surface area contributed by atoms with Gasteiger partial charge in [-0.2, -0.15) is 5.10 Å². The van der Waals surface area contributed by atoms with Crippen LogP contribution in [0.5, 0.6) is 0 Å². The first-order valence-electron chi connectivity index (χ1n) is 6.54. The van der Waals surface area contributed by atoms with Crippen LogP contribution in [-0.2, 0) is 23.1 Å². The van der Waals surface area contributed by atoms with Gasteiger partial charge in [0.1, 0.15) is 0 Å². The summed E-state index contributed by atoms with van der Waals surface area (Å²) in [5, 5.41) is 6.92. The minimum atomic E-state index is 0.0154. The van der Waals surface area contributed by atoms with Gasteiger partial charge in [-0.1, -0.05) is 0 Å². The molecule has 106 valence electrons. The van der Waals surface area contributed by atoms with Crippen LogP contribution in [0.4, 0.5) is 0 Å². The van der Waals surface area contributed by atoms with Crippen LogP contribution in [0.2, 0.25) is 0 Å². The van der Waals surface area contributed by atoms with Crippen LogP contribution in [0.25, 0.3) is 0 Å². The minimum absolute atomic E-state index is 0.0154. The average Bonchev–Trinajstić information content (AvgIpc) is 2.96. The van der Waals surface area contributed by atoms with Gasteiger partial charge in [-0.3, -0.25) is 14.4 Å². The fraction of sp³-hybridized carbons (Fsp3) is 0.692. The third-order valence-electron chi connectivity index (χ3n) is 3.65. The van der Waals surface area contributed by atoms with Gasteiger partial charge in [0.2, 0.25) is 5.91 Å². The molecule has 1 aliphatic heterocycles. The zero-order valence-corrected chi connectivity index (χ0v) is 11.8. The van der Waals surface area contributed by atoms with E-state index in [2.05, 4.69) is 15.3 Å². The van der Waals surface area contributed by atoms with Crippen LogP contribution in [-0.4, -0.2) is 54.4 Å². The molecule has 1 aromatic heterocycles. The van der Waals surface area contributed by atoms with Crippen LogP contribution < -0.4 is 5.32 Å². The lowest BCUT2D eigenvalue weighted by Crippen LogP contribution is -2.34. The Balaban J connectivity index is 1.98. The molecule has 0 aromatic carbocycles. The summed E-state index contributed by atoms with van der Waals surface area (Å²) in [6.07, 6.45) is 3.89. The van der Waals surface area contributed by atoms with Gasteiger partial charge in [-0.25, -0.2) is 0 Å². The quantitative estimate of drug-likeness (QED) is 0.806. The molecule has 1 aliphatic rings. The second-order valence-electron chi connectivity index (χ2n) is 5.15. The zero-order valence-electron chi connectivity index (χ0n) is 11.8. The van der Waals surface area contributed by atoms with Crippen molar-refractivity contribution in [1.82, 2.24) is 20.0 Å². The maximum atomic E-state index is 11.9. The molecule has 2 rings (SSSR count). The Kier molecular flexibility index (Phi) is 4.55. The monoisotopic (exact) mass is 266 g/mol. The highest BCUT2D eigenvalue weighted by atomic mass is 16.5. The molecule has 6 nitrogen and oxygen atoms in total. The van der Waals surface area contributed by atoms with Gasteiger partial charge in [0.25, 0.3) is 0 Å². The lowest BCUT2D eigenvalue weighted by atomic mass is 9.96. The number of nitrogens with zero attached hydrogens (tertiary/aromatic N) is 3. The van der Waals surface area contributed by atoms with Crippen LogP contribution in [0.3, 0.4) is 0 Å². The number of hydrogen-bond acceptors (Lipinski definition) is 4. The molecule has 2 atom stereocenters. The smallest absolute Gasteiger partial charge is 0.224 e. The van der Waals surface area contributed by atoms with Crippen molar-refractivity contribution in [3.63, 3.8) is 0 Å². The van der Waals surface area contributed by atoms with Gasteiger partial charge in [0.15, 0.2) is 0 Å². The highest BCUT2D eigenvalue weighted by molar-refractivity contribution is 5.79. The molecule has 0 bridgehead atoms. The highest BCUT2D eigenvalue weighted by Gasteiger charge is 2.36. The number of hydrogen-bond donors (Lipinski definition) is 1. The van der Waals surface area contributed by atoms with E-state index >= 15 is 0 Å². The number of aryl methyl sites for hydroxylation is 1. The van der Waals surface area contributed by atoms with Crippen molar-refractivity contribution in [1.29, 1.82) is 0 Å². The van der Waals surface area contributed by atoms with Crippen molar-refractivity contribution in [3.8, 4) is 0 Å². The standard InChI is InChI=1S/C13H22N4O2/c1-14-13(18)12-8-17(7-11(12)9-19-3)6-10-4-15-16(2)5-10/h4-5,11-12H,6-9H2,1-3H3,(H,14,18)/t11-,12+/m0/s1. The number of ether oxygens (including phenoxy) is 1. The van der Waals surface area contributed by atoms with Crippen LogP contribution >= 0.6 is 0 Å². The maximum absolute atomic E-state index is 11.9. The molecule has 1 amide bonds. The minimum Gasteiger partial charge on any atom is -0.384 e. The van der Waals surface area contributed by atoms with Gasteiger partial charge in [-0.05, 0) is 0 Å². The number of aromatic nitrogens is 2. The fourth-order valence-electron chi connectivity index (χ4n) is 2.77. The van der Waals surface area contributed by atoms with Crippen molar-refractivity contribution >= 4 is 5.91 Å². The summed E-state index contributed by atoms with van der Waals surface area (Å²) in [5.41, 5.74) is 1.18. The predicted molar refractivity (Wildman–Crippen MR) is 71.4 cm³/mol. The van der Waals surface area contributed by atoms with Crippen LogP contribution in [0.1, 0.15) is 5.56 Å². The molecule has 1 N–H and O–H groups in total. The predicted octanol–water partition coefficient (Wildman–Crippen LogP) is -0.139. The first kappa shape index (κ1) is 14.0. The van der Waals surface area contributed by atoms with E-state index < -0.39 is 0 Å². The Labute approximate surface area is 113 Å². The molecule has 1 aromatic rings. The van der Waals surface area contributed by atoms with Crippen molar-refractivity contribution in [2.24, 2.45) is 18.9 Å². The number of carbonyl (C=O) groups is 1. The summed E-state index contributed by atoms with van der Waals surface area (Å²) in [7, 11) is 5.29. The van der Waals surface area contributed by atoms with Gasteiger partial charge in [-0.15, -0.1) is 0 Å². The van der Waals surface area contributed by atoms with Crippen molar-refractivity contribution < 1.29 is 9.53 Å². The molecule has 1 saturated heterocycles. The molecule has 0 aliphatic carbocycles. The number of methoxy groups -OCH3 is 1. The lowest BCUT2D eigenvalue weighted by Gasteiger charge is -2.15. The Morgan fingerprint density at radius 3 is 2.95 bits per heavy atom. The molecular formula is C13H22N4O2. The second-order valence-corrected chi connectivity index (χ2v) is 5.15. The first-order valence-corrected chi connectivity index (χ1v) is 6.54. The molecular weight excluding hydrogens is 244 g/mol. The molecule has 2 heterocycles. The van der Waals surface area contributed by atoms with Gasteiger partial charge < -0.3 is 10.1 Å². The van der Waals surface area contributed by atoms with E-state index in [4.69, 9.17) is 4.74 Å². The lowest BCUT2D eigenvalue weighted by molar-refractivity contribution is -0.125. The van der Waals surface area contributed by atoms with E-state index in [0.717, 1.165) is 19.6 Å². The number of carbonyl (C=O) groups excluding carboxylic acids is 1. The average molecular weight is 266 g/mol. The van der Waals surface area contributed by atoms with E-state index in [1.807, 2.05) is 19.4 Å². The summed E-state index contributed by atoms with van der Waals surface area (Å²) in [6, 6.07) is 0. The van der Waals surface area contributed by atoms with Crippen LogP contribution in [0, 0.1) is 11.8 Å². The summed E-state index contributed by atoms with van der Waals surface area (Å²) >= 11 is 0. The summed E-state index contributed by atoms with van der Waals surface area (Å²) in [6.45, 7) is 3.13. The number of amides is 1. The molecule has 0 radical (unpaired) electrons. The number of likely N-dealkylation sites (tertiary alicyclic amines) is 1. The first-order chi connectivity index (χ1) is 9.13. The maximum Gasteiger partial charge on any atom is 0.224 e. The summed E-state index contributed by atoms with van der Waals surface area (Å²) < 4.78 is 7.03. The van der Waals surface area contributed by atoms with E-state index in [1.54, 1.807) is 18.8 Å². The zero-order chi connectivity index (χ0) is 13.8. The van der Waals surface area contributed by atoms with Crippen molar-refractivity contribution in [2.45, 2.75) is 6.54 Å². The summed E-state index contributed by atoms with van der Waals surface area (Å²) in [5.74, 6) is 0.388. The largest absolute Gasteiger partial charge is 0.384 e. The van der Waals surface area contributed by atoms with Gasteiger partial charge in [0.05, 0.1) is 18.7 Å². The third kappa shape index (κ3) is 3.33. The number of rotatable bonds is 5. The molecule has 1 fully saturated rings. The van der Waals surface area contributed by atoms with E-state index in [-0.39, 0.29) is 17.7 Å². The molecule has 19 heavy (non-hydrogen) atoms. The fourth-order valence-corrected chi connectivity index (χ4v) is 2.77. The Morgan fingerprint density at radius 2 is 2.37 bits per heavy atom. The molecule has 0 saturated carbocycles. The van der Waals surface area contributed by atoms with Crippen LogP contribution in [0.15, 0.2) is 12.4 Å². The van der Waals surface area contributed by atoms with Gasteiger partial charge in [0, 0.05) is 58.5 Å². The topological polar surface area (TPSA) is 59.4 Å². The van der Waals surface area contributed by atoms with Crippen molar-refractivity contribution in [2.75, 3.05) is 33.9 Å². The van der Waals surface area contributed by atoms with E-state index in [1.165, 1.54) is 5.56 Å². The SMILES string of the molecule is CNC(=O)[C@@H]1CN(Cc2cnn(C)c2)C[C@H]1COC. The van der Waals surface area contributed by atoms with E-state index in [0.29, 0.717) is 6.61 Å². The van der Waals surface area contributed by atoms with Gasteiger partial charge >= 0.3 is 0 Å². The second kappa shape index (κ2) is 6.16. The Hall–Kier alpha value is -1.40. The summed E-state index contributed by atoms with van der Waals surface area (Å²) in [4.78, 5) is 14.2. The van der Waals surface area contributed by atoms with E-state index in [9.17, 15) is 4.79 Å². The highest BCUT2D eigenvalue weighted by Crippen LogP contribution is 2.25.